The van der Waals surface area contributed by atoms with Crippen LogP contribution in [-0.2, 0) is 4.79 Å². The SMILES string of the molecule is CCCCCCCN1C(C(=O)O)CC2CCCCC21. The summed E-state index contributed by atoms with van der Waals surface area (Å²) < 4.78 is 0. The number of aliphatic carboxylic acids is 1. The van der Waals surface area contributed by atoms with Crippen LogP contribution in [0.2, 0.25) is 0 Å². The molecule has 0 aromatic carbocycles. The second kappa shape index (κ2) is 7.28. The summed E-state index contributed by atoms with van der Waals surface area (Å²) in [5.41, 5.74) is 0. The van der Waals surface area contributed by atoms with Gasteiger partial charge in [-0.2, -0.15) is 0 Å². The highest BCUT2D eigenvalue weighted by Crippen LogP contribution is 2.39. The molecule has 0 aromatic heterocycles. The van der Waals surface area contributed by atoms with Gasteiger partial charge in [0.2, 0.25) is 0 Å². The van der Waals surface area contributed by atoms with Crippen molar-refractivity contribution in [3.8, 4) is 0 Å². The summed E-state index contributed by atoms with van der Waals surface area (Å²) in [6, 6.07) is 0.375. The number of hydrogen-bond donors (Lipinski definition) is 1. The highest BCUT2D eigenvalue weighted by Gasteiger charge is 2.44. The van der Waals surface area contributed by atoms with E-state index in [2.05, 4.69) is 11.8 Å². The first kappa shape index (κ1) is 14.8. The normalized spacial score (nSPS) is 31.3. The molecule has 3 heteroatoms. The zero-order chi connectivity index (χ0) is 13.7. The molecule has 0 spiro atoms. The molecule has 0 bridgehead atoms. The maximum absolute atomic E-state index is 11.4. The fourth-order valence-electron chi connectivity index (χ4n) is 4.02. The summed E-state index contributed by atoms with van der Waals surface area (Å²) in [6.07, 6.45) is 12.3. The van der Waals surface area contributed by atoms with Crippen LogP contribution in [0.1, 0.15) is 71.1 Å². The van der Waals surface area contributed by atoms with Crippen LogP contribution >= 0.6 is 0 Å². The minimum absolute atomic E-state index is 0.195. The number of carboxylic acids is 1. The van der Waals surface area contributed by atoms with Crippen LogP contribution < -0.4 is 0 Å². The van der Waals surface area contributed by atoms with E-state index in [0.29, 0.717) is 12.0 Å². The Morgan fingerprint density at radius 1 is 1.16 bits per heavy atom. The molecule has 3 unspecified atom stereocenters. The van der Waals surface area contributed by atoms with E-state index in [-0.39, 0.29) is 6.04 Å². The Kier molecular flexibility index (Phi) is 5.68. The summed E-state index contributed by atoms with van der Waals surface area (Å²) in [5.74, 6) is 0.0634. The van der Waals surface area contributed by atoms with Crippen molar-refractivity contribution in [3.63, 3.8) is 0 Å². The van der Waals surface area contributed by atoms with Gasteiger partial charge in [-0.1, -0.05) is 45.4 Å². The number of unbranched alkanes of at least 4 members (excludes halogenated alkanes) is 4. The minimum Gasteiger partial charge on any atom is -0.480 e. The lowest BCUT2D eigenvalue weighted by Gasteiger charge is -2.33. The van der Waals surface area contributed by atoms with E-state index in [1.807, 2.05) is 0 Å². The lowest BCUT2D eigenvalue weighted by molar-refractivity contribution is -0.142. The van der Waals surface area contributed by atoms with Gasteiger partial charge >= 0.3 is 5.97 Å². The molecule has 110 valence electrons. The Morgan fingerprint density at radius 3 is 2.63 bits per heavy atom. The summed E-state index contributed by atoms with van der Waals surface area (Å²) in [5, 5.41) is 9.43. The zero-order valence-corrected chi connectivity index (χ0v) is 12.3. The molecule has 2 fully saturated rings. The van der Waals surface area contributed by atoms with E-state index in [9.17, 15) is 9.90 Å². The van der Waals surface area contributed by atoms with Crippen LogP contribution in [-0.4, -0.2) is 34.6 Å². The summed E-state index contributed by atoms with van der Waals surface area (Å²) in [7, 11) is 0. The smallest absolute Gasteiger partial charge is 0.320 e. The molecule has 0 radical (unpaired) electrons. The molecule has 2 aliphatic rings. The number of rotatable bonds is 7. The monoisotopic (exact) mass is 267 g/mol. The highest BCUT2D eigenvalue weighted by molar-refractivity contribution is 5.74. The molecule has 1 N–H and O–H groups in total. The van der Waals surface area contributed by atoms with Gasteiger partial charge in [0.25, 0.3) is 0 Å². The van der Waals surface area contributed by atoms with Crippen molar-refractivity contribution in [1.29, 1.82) is 0 Å². The van der Waals surface area contributed by atoms with Crippen molar-refractivity contribution in [3.05, 3.63) is 0 Å². The molecule has 2 rings (SSSR count). The van der Waals surface area contributed by atoms with Crippen LogP contribution in [0.4, 0.5) is 0 Å². The molecule has 1 saturated carbocycles. The number of carbonyl (C=O) groups is 1. The predicted molar refractivity (Wildman–Crippen MR) is 77.3 cm³/mol. The molecule has 1 heterocycles. The van der Waals surface area contributed by atoms with Crippen LogP contribution in [0.5, 0.6) is 0 Å². The Labute approximate surface area is 117 Å². The van der Waals surface area contributed by atoms with Crippen molar-refractivity contribution in [2.75, 3.05) is 6.54 Å². The van der Waals surface area contributed by atoms with Gasteiger partial charge in [-0.05, 0) is 38.1 Å². The Bertz CT molecular complexity index is 292. The molecule has 1 aliphatic carbocycles. The third-order valence-corrected chi connectivity index (χ3v) is 5.03. The number of likely N-dealkylation sites (tertiary alicyclic amines) is 1. The van der Waals surface area contributed by atoms with Crippen LogP contribution in [0.15, 0.2) is 0 Å². The molecule has 3 atom stereocenters. The first-order valence-corrected chi connectivity index (χ1v) is 8.22. The van der Waals surface area contributed by atoms with Crippen LogP contribution in [0, 0.1) is 5.92 Å². The number of hydrogen-bond acceptors (Lipinski definition) is 2. The van der Waals surface area contributed by atoms with Gasteiger partial charge in [-0.15, -0.1) is 0 Å². The zero-order valence-electron chi connectivity index (χ0n) is 12.3. The predicted octanol–water partition coefficient (Wildman–Crippen LogP) is 3.67. The van der Waals surface area contributed by atoms with Crippen molar-refractivity contribution >= 4 is 5.97 Å². The van der Waals surface area contributed by atoms with Gasteiger partial charge in [-0.3, -0.25) is 9.69 Å². The average molecular weight is 267 g/mol. The van der Waals surface area contributed by atoms with Crippen molar-refractivity contribution in [1.82, 2.24) is 4.90 Å². The highest BCUT2D eigenvalue weighted by atomic mass is 16.4. The maximum atomic E-state index is 11.4. The quantitative estimate of drug-likeness (QED) is 0.715. The average Bonchev–Trinajstić information content (AvgIpc) is 2.78. The summed E-state index contributed by atoms with van der Waals surface area (Å²) >= 11 is 0. The molecule has 0 aromatic rings. The number of fused-ring (bicyclic) bond motifs is 1. The standard InChI is InChI=1S/C16H29NO2/c1-2-3-4-5-8-11-17-14-10-7-6-9-13(14)12-15(17)16(18)19/h13-15H,2-12H2,1H3,(H,18,19). The van der Waals surface area contributed by atoms with Crippen molar-refractivity contribution in [2.24, 2.45) is 5.92 Å². The lowest BCUT2D eigenvalue weighted by atomic mass is 9.85. The van der Waals surface area contributed by atoms with Gasteiger partial charge in [0.1, 0.15) is 6.04 Å². The fourth-order valence-corrected chi connectivity index (χ4v) is 4.02. The molecule has 0 amide bonds. The molecular weight excluding hydrogens is 238 g/mol. The fraction of sp³-hybridized carbons (Fsp3) is 0.938. The molecule has 3 nitrogen and oxygen atoms in total. The Balaban J connectivity index is 1.85. The Morgan fingerprint density at radius 2 is 1.89 bits per heavy atom. The van der Waals surface area contributed by atoms with Gasteiger partial charge in [0.15, 0.2) is 0 Å². The van der Waals surface area contributed by atoms with Crippen molar-refractivity contribution in [2.45, 2.75) is 83.2 Å². The first-order valence-electron chi connectivity index (χ1n) is 8.22. The molecular formula is C16H29NO2. The van der Waals surface area contributed by atoms with Crippen LogP contribution in [0.25, 0.3) is 0 Å². The van der Waals surface area contributed by atoms with E-state index in [0.717, 1.165) is 13.0 Å². The van der Waals surface area contributed by atoms with Gasteiger partial charge < -0.3 is 5.11 Å². The van der Waals surface area contributed by atoms with Gasteiger partial charge in [0.05, 0.1) is 0 Å². The third kappa shape index (κ3) is 3.71. The number of nitrogens with zero attached hydrogens (tertiary/aromatic N) is 1. The second-order valence-corrected chi connectivity index (χ2v) is 6.35. The largest absolute Gasteiger partial charge is 0.480 e. The third-order valence-electron chi connectivity index (χ3n) is 5.03. The molecule has 19 heavy (non-hydrogen) atoms. The second-order valence-electron chi connectivity index (χ2n) is 6.35. The van der Waals surface area contributed by atoms with E-state index in [1.54, 1.807) is 0 Å². The van der Waals surface area contributed by atoms with E-state index in [4.69, 9.17) is 0 Å². The molecule has 1 aliphatic heterocycles. The van der Waals surface area contributed by atoms with E-state index >= 15 is 0 Å². The van der Waals surface area contributed by atoms with E-state index < -0.39 is 5.97 Å². The maximum Gasteiger partial charge on any atom is 0.320 e. The van der Waals surface area contributed by atoms with Crippen LogP contribution in [0.3, 0.4) is 0 Å². The lowest BCUT2D eigenvalue weighted by Crippen LogP contribution is -2.42. The molecule has 1 saturated heterocycles. The van der Waals surface area contributed by atoms with Crippen molar-refractivity contribution < 1.29 is 9.90 Å². The minimum atomic E-state index is -0.594. The van der Waals surface area contributed by atoms with Gasteiger partial charge in [-0.25, -0.2) is 0 Å². The van der Waals surface area contributed by atoms with E-state index in [1.165, 1.54) is 57.8 Å². The summed E-state index contributed by atoms with van der Waals surface area (Å²) in [4.78, 5) is 13.8. The first-order chi connectivity index (χ1) is 9.24. The Hall–Kier alpha value is -0.570. The topological polar surface area (TPSA) is 40.5 Å². The van der Waals surface area contributed by atoms with Gasteiger partial charge in [0, 0.05) is 6.04 Å². The summed E-state index contributed by atoms with van der Waals surface area (Å²) in [6.45, 7) is 3.23. The number of carboxylic acid groups (broad SMARTS) is 1.